The van der Waals surface area contributed by atoms with Crippen LogP contribution in [-0.2, 0) is 13.0 Å². The minimum Gasteiger partial charge on any atom is -0.350 e. The summed E-state index contributed by atoms with van der Waals surface area (Å²) in [7, 11) is 0. The highest BCUT2D eigenvalue weighted by atomic mass is 16.2. The number of carbonyl (C=O) groups excluding carboxylic acids is 1. The number of pyridine rings is 1. The highest BCUT2D eigenvalue weighted by Gasteiger charge is 2.15. The minimum atomic E-state index is -0.236. The molecule has 4 heteroatoms. The zero-order chi connectivity index (χ0) is 20.1. The van der Waals surface area contributed by atoms with E-state index in [-0.39, 0.29) is 11.5 Å². The van der Waals surface area contributed by atoms with Crippen LogP contribution in [0.1, 0.15) is 21.6 Å². The number of benzene rings is 3. The zero-order valence-electron chi connectivity index (χ0n) is 16.0. The summed E-state index contributed by atoms with van der Waals surface area (Å²) in [5.41, 5.74) is 2.36. The van der Waals surface area contributed by atoms with Crippen molar-refractivity contribution in [1.82, 2.24) is 9.88 Å². The number of nitrogens with one attached hydrogen (secondary N) is 1. The molecule has 0 unspecified atom stereocenters. The molecule has 0 saturated heterocycles. The number of rotatable bonds is 6. The van der Waals surface area contributed by atoms with Crippen LogP contribution in [0.4, 0.5) is 0 Å². The Bertz CT molecular complexity index is 1180. The number of amides is 1. The normalized spacial score (nSPS) is 10.8. The maximum Gasteiger partial charge on any atom is 0.268 e. The van der Waals surface area contributed by atoms with Crippen molar-refractivity contribution in [2.45, 2.75) is 13.0 Å². The Morgan fingerprint density at radius 1 is 0.793 bits per heavy atom. The van der Waals surface area contributed by atoms with Gasteiger partial charge in [-0.15, -0.1) is 0 Å². The van der Waals surface area contributed by atoms with E-state index in [0.717, 1.165) is 22.9 Å². The predicted molar refractivity (Wildman–Crippen MR) is 116 cm³/mol. The molecule has 0 aliphatic carbocycles. The molecule has 0 aliphatic heterocycles. The second-order valence-corrected chi connectivity index (χ2v) is 6.99. The van der Waals surface area contributed by atoms with E-state index in [0.29, 0.717) is 24.2 Å². The summed E-state index contributed by atoms with van der Waals surface area (Å²) in [6.07, 6.45) is 0.739. The van der Waals surface area contributed by atoms with Gasteiger partial charge in [-0.2, -0.15) is 0 Å². The number of nitrogens with zero attached hydrogens (tertiary/aromatic N) is 1. The van der Waals surface area contributed by atoms with Gasteiger partial charge in [0.1, 0.15) is 5.69 Å². The van der Waals surface area contributed by atoms with E-state index < -0.39 is 0 Å². The fourth-order valence-corrected chi connectivity index (χ4v) is 3.46. The van der Waals surface area contributed by atoms with Crippen molar-refractivity contribution >= 4 is 16.7 Å². The summed E-state index contributed by atoms with van der Waals surface area (Å²) in [6.45, 7) is 0.862. The standard InChI is InChI=1S/C25H22N2O2/c28-24(26-16-15-19-9-3-1-4-10-19)23-17-21-13-7-8-14-22(21)25(29)27(23)18-20-11-5-2-6-12-20/h1-14,17H,15-16,18H2,(H,26,28). The Hall–Kier alpha value is -3.66. The van der Waals surface area contributed by atoms with Gasteiger partial charge in [0.05, 0.1) is 6.54 Å². The topological polar surface area (TPSA) is 51.1 Å². The maximum absolute atomic E-state index is 13.1. The van der Waals surface area contributed by atoms with Crippen molar-refractivity contribution in [1.29, 1.82) is 0 Å². The lowest BCUT2D eigenvalue weighted by Gasteiger charge is -2.15. The van der Waals surface area contributed by atoms with Crippen LogP contribution in [0, 0.1) is 0 Å². The predicted octanol–water partition coefficient (Wildman–Crippen LogP) is 4.02. The first-order valence-corrected chi connectivity index (χ1v) is 9.71. The molecule has 0 radical (unpaired) electrons. The van der Waals surface area contributed by atoms with Crippen molar-refractivity contribution in [3.8, 4) is 0 Å². The van der Waals surface area contributed by atoms with Crippen LogP contribution in [0.25, 0.3) is 10.8 Å². The molecular formula is C25H22N2O2. The molecule has 144 valence electrons. The third kappa shape index (κ3) is 4.27. The molecule has 0 spiro atoms. The molecule has 0 saturated carbocycles. The van der Waals surface area contributed by atoms with Crippen molar-refractivity contribution < 1.29 is 4.79 Å². The van der Waals surface area contributed by atoms with Gasteiger partial charge in [0, 0.05) is 11.9 Å². The Morgan fingerprint density at radius 2 is 1.41 bits per heavy atom. The Labute approximate surface area is 169 Å². The van der Waals surface area contributed by atoms with E-state index in [2.05, 4.69) is 5.32 Å². The number of aromatic nitrogens is 1. The van der Waals surface area contributed by atoms with E-state index >= 15 is 0 Å². The molecule has 4 rings (SSSR count). The van der Waals surface area contributed by atoms with Gasteiger partial charge in [0.25, 0.3) is 11.5 Å². The van der Waals surface area contributed by atoms with E-state index in [4.69, 9.17) is 0 Å². The van der Waals surface area contributed by atoms with Gasteiger partial charge >= 0.3 is 0 Å². The lowest BCUT2D eigenvalue weighted by Crippen LogP contribution is -2.33. The van der Waals surface area contributed by atoms with Gasteiger partial charge in [-0.3, -0.25) is 14.2 Å². The lowest BCUT2D eigenvalue weighted by atomic mass is 10.1. The number of carbonyl (C=O) groups is 1. The van der Waals surface area contributed by atoms with E-state index in [1.807, 2.05) is 78.9 Å². The maximum atomic E-state index is 13.1. The molecular weight excluding hydrogens is 360 g/mol. The average Bonchev–Trinajstić information content (AvgIpc) is 2.77. The van der Waals surface area contributed by atoms with Crippen LogP contribution in [-0.4, -0.2) is 17.0 Å². The average molecular weight is 382 g/mol. The van der Waals surface area contributed by atoms with Crippen LogP contribution in [0.2, 0.25) is 0 Å². The van der Waals surface area contributed by atoms with Crippen LogP contribution >= 0.6 is 0 Å². The van der Waals surface area contributed by atoms with Crippen molar-refractivity contribution in [2.75, 3.05) is 6.54 Å². The van der Waals surface area contributed by atoms with Crippen molar-refractivity contribution in [3.63, 3.8) is 0 Å². The molecule has 1 N–H and O–H groups in total. The molecule has 1 amide bonds. The number of fused-ring (bicyclic) bond motifs is 1. The molecule has 0 fully saturated rings. The van der Waals surface area contributed by atoms with E-state index in [1.54, 1.807) is 16.7 Å². The summed E-state index contributed by atoms with van der Waals surface area (Å²) in [6, 6.07) is 28.9. The number of hydrogen-bond acceptors (Lipinski definition) is 2. The molecule has 3 aromatic carbocycles. The summed E-state index contributed by atoms with van der Waals surface area (Å²) < 4.78 is 1.56. The first-order chi connectivity index (χ1) is 14.2. The third-order valence-electron chi connectivity index (χ3n) is 4.98. The first-order valence-electron chi connectivity index (χ1n) is 9.71. The second kappa shape index (κ2) is 8.57. The molecule has 4 nitrogen and oxygen atoms in total. The fourth-order valence-electron chi connectivity index (χ4n) is 3.46. The van der Waals surface area contributed by atoms with Gasteiger partial charge in [-0.05, 0) is 35.1 Å². The lowest BCUT2D eigenvalue weighted by molar-refractivity contribution is 0.0944. The van der Waals surface area contributed by atoms with Crippen molar-refractivity contribution in [3.05, 3.63) is 118 Å². The van der Waals surface area contributed by atoms with E-state index in [9.17, 15) is 9.59 Å². The fraction of sp³-hybridized carbons (Fsp3) is 0.120. The molecule has 4 aromatic rings. The largest absolute Gasteiger partial charge is 0.350 e. The third-order valence-corrected chi connectivity index (χ3v) is 4.98. The summed E-state index contributed by atoms with van der Waals surface area (Å²) in [5.74, 6) is -0.236. The van der Waals surface area contributed by atoms with E-state index in [1.165, 1.54) is 0 Å². The summed E-state index contributed by atoms with van der Waals surface area (Å²) in [5, 5.41) is 4.36. The van der Waals surface area contributed by atoms with Crippen LogP contribution < -0.4 is 10.9 Å². The van der Waals surface area contributed by atoms with Gasteiger partial charge in [0.2, 0.25) is 0 Å². The van der Waals surface area contributed by atoms with Gasteiger partial charge in [-0.25, -0.2) is 0 Å². The Morgan fingerprint density at radius 3 is 2.14 bits per heavy atom. The molecule has 0 aliphatic rings. The van der Waals surface area contributed by atoms with Crippen LogP contribution in [0.5, 0.6) is 0 Å². The smallest absolute Gasteiger partial charge is 0.268 e. The first kappa shape index (κ1) is 18.7. The van der Waals surface area contributed by atoms with Gasteiger partial charge in [-0.1, -0.05) is 78.9 Å². The van der Waals surface area contributed by atoms with Crippen LogP contribution in [0.15, 0.2) is 95.8 Å². The van der Waals surface area contributed by atoms with Crippen molar-refractivity contribution in [2.24, 2.45) is 0 Å². The van der Waals surface area contributed by atoms with Gasteiger partial charge in [0.15, 0.2) is 0 Å². The highest BCUT2D eigenvalue weighted by Crippen LogP contribution is 2.14. The second-order valence-electron chi connectivity index (χ2n) is 6.99. The molecule has 1 heterocycles. The van der Waals surface area contributed by atoms with Gasteiger partial charge < -0.3 is 5.32 Å². The Kier molecular flexibility index (Phi) is 5.52. The molecule has 1 aromatic heterocycles. The highest BCUT2D eigenvalue weighted by molar-refractivity contribution is 5.96. The minimum absolute atomic E-state index is 0.153. The molecule has 0 bridgehead atoms. The molecule has 29 heavy (non-hydrogen) atoms. The number of hydrogen-bond donors (Lipinski definition) is 1. The monoisotopic (exact) mass is 382 g/mol. The summed E-state index contributed by atoms with van der Waals surface area (Å²) in [4.78, 5) is 26.1. The van der Waals surface area contributed by atoms with Crippen LogP contribution in [0.3, 0.4) is 0 Å². The summed E-state index contributed by atoms with van der Waals surface area (Å²) >= 11 is 0. The quantitative estimate of drug-likeness (QED) is 0.548. The Balaban J connectivity index is 1.65. The SMILES string of the molecule is O=C(NCCc1ccccc1)c1cc2ccccc2c(=O)n1Cc1ccccc1. The molecule has 0 atom stereocenters. The zero-order valence-corrected chi connectivity index (χ0v) is 16.0.